The van der Waals surface area contributed by atoms with Crippen LogP contribution in [0.4, 0.5) is 0 Å². The van der Waals surface area contributed by atoms with E-state index < -0.39 is 11.9 Å². The van der Waals surface area contributed by atoms with E-state index >= 15 is 0 Å². The molecule has 5 heteroatoms. The van der Waals surface area contributed by atoms with Crippen LogP contribution in [0.25, 0.3) is 0 Å². The Kier molecular flexibility index (Phi) is 7.64. The molecule has 0 aromatic heterocycles. The molecule has 136 valence electrons. The van der Waals surface area contributed by atoms with Crippen LogP contribution >= 0.6 is 0 Å². The number of allylic oxidation sites excluding steroid dienone is 4. The number of esters is 1. The first kappa shape index (κ1) is 19.2. The molecule has 1 atom stereocenters. The van der Waals surface area contributed by atoms with Crippen molar-refractivity contribution in [1.29, 1.82) is 0 Å². The SMILES string of the molecule is CCCCCCCCNC1=C(C(=O)OCC)C(=O)N=C2C=CC=CC21. The Bertz CT molecular complexity index is 614. The molecule has 0 aromatic rings. The van der Waals surface area contributed by atoms with Gasteiger partial charge in [-0.15, -0.1) is 0 Å². The van der Waals surface area contributed by atoms with E-state index in [1.54, 1.807) is 6.92 Å². The highest BCUT2D eigenvalue weighted by atomic mass is 16.5. The summed E-state index contributed by atoms with van der Waals surface area (Å²) >= 11 is 0. The van der Waals surface area contributed by atoms with Gasteiger partial charge in [0.2, 0.25) is 0 Å². The minimum Gasteiger partial charge on any atom is -0.462 e. The lowest BCUT2D eigenvalue weighted by Gasteiger charge is -2.26. The molecule has 0 aromatic carbocycles. The number of carbonyl (C=O) groups is 2. The van der Waals surface area contributed by atoms with Crippen LogP contribution in [0.5, 0.6) is 0 Å². The number of carbonyl (C=O) groups excluding carboxylic acids is 2. The number of aliphatic imine (C=N–C) groups is 1. The summed E-state index contributed by atoms with van der Waals surface area (Å²) < 4.78 is 5.06. The first-order valence-electron chi connectivity index (χ1n) is 9.32. The largest absolute Gasteiger partial charge is 0.462 e. The van der Waals surface area contributed by atoms with E-state index in [9.17, 15) is 9.59 Å². The number of hydrogen-bond donors (Lipinski definition) is 1. The summed E-state index contributed by atoms with van der Waals surface area (Å²) in [5.41, 5.74) is 1.34. The molecule has 2 aliphatic rings. The van der Waals surface area contributed by atoms with Gasteiger partial charge in [-0.2, -0.15) is 0 Å². The molecule has 0 saturated heterocycles. The second-order valence-corrected chi connectivity index (χ2v) is 6.27. The number of hydrogen-bond acceptors (Lipinski definition) is 4. The predicted octanol–water partition coefficient (Wildman–Crippen LogP) is 3.48. The van der Waals surface area contributed by atoms with Crippen molar-refractivity contribution in [3.8, 4) is 0 Å². The van der Waals surface area contributed by atoms with E-state index in [4.69, 9.17) is 4.74 Å². The maximum absolute atomic E-state index is 12.3. The average Bonchev–Trinajstić information content (AvgIpc) is 2.60. The number of unbranched alkanes of at least 4 members (excludes halogenated alkanes) is 5. The fraction of sp³-hybridized carbons (Fsp3) is 0.550. The van der Waals surface area contributed by atoms with Crippen molar-refractivity contribution in [3.05, 3.63) is 35.6 Å². The quantitative estimate of drug-likeness (QED) is 0.374. The first-order valence-corrected chi connectivity index (χ1v) is 9.32. The number of nitrogens with zero attached hydrogens (tertiary/aromatic N) is 1. The average molecular weight is 344 g/mol. The number of nitrogens with one attached hydrogen (secondary N) is 1. The third-order valence-corrected chi connectivity index (χ3v) is 4.35. The second-order valence-electron chi connectivity index (χ2n) is 6.27. The molecule has 1 heterocycles. The molecule has 1 amide bonds. The van der Waals surface area contributed by atoms with Gasteiger partial charge in [-0.25, -0.2) is 9.79 Å². The molecule has 0 saturated carbocycles. The van der Waals surface area contributed by atoms with Crippen LogP contribution in [0.1, 0.15) is 52.4 Å². The Morgan fingerprint density at radius 2 is 1.92 bits per heavy atom. The maximum atomic E-state index is 12.3. The van der Waals surface area contributed by atoms with Crippen molar-refractivity contribution in [3.63, 3.8) is 0 Å². The Hall–Kier alpha value is -2.17. The minimum atomic E-state index is -0.594. The molecule has 0 fully saturated rings. The maximum Gasteiger partial charge on any atom is 0.345 e. The number of amides is 1. The monoisotopic (exact) mass is 344 g/mol. The van der Waals surface area contributed by atoms with Gasteiger partial charge >= 0.3 is 5.97 Å². The standard InChI is InChI=1S/C20H28N2O3/c1-3-5-6-7-8-11-14-21-18-15-12-9-10-13-16(15)22-19(23)17(18)20(24)25-4-2/h9-10,12-13,15,21H,3-8,11,14H2,1-2H3. The van der Waals surface area contributed by atoms with Gasteiger partial charge in [0.05, 0.1) is 18.2 Å². The molecular weight excluding hydrogens is 316 g/mol. The number of ether oxygens (including phenoxy) is 1. The number of dihydropyridines is 1. The van der Waals surface area contributed by atoms with E-state index in [2.05, 4.69) is 17.2 Å². The van der Waals surface area contributed by atoms with Crippen LogP contribution < -0.4 is 5.32 Å². The van der Waals surface area contributed by atoms with Crippen molar-refractivity contribution in [2.45, 2.75) is 52.4 Å². The summed E-state index contributed by atoms with van der Waals surface area (Å²) in [4.78, 5) is 28.6. The highest BCUT2D eigenvalue weighted by Crippen LogP contribution is 2.26. The van der Waals surface area contributed by atoms with Gasteiger partial charge in [-0.1, -0.05) is 57.3 Å². The van der Waals surface area contributed by atoms with Gasteiger partial charge in [0.1, 0.15) is 5.57 Å². The van der Waals surface area contributed by atoms with Crippen molar-refractivity contribution in [2.24, 2.45) is 10.9 Å². The molecule has 0 bridgehead atoms. The molecule has 1 N–H and O–H groups in total. The molecular formula is C20H28N2O3. The van der Waals surface area contributed by atoms with Crippen molar-refractivity contribution in [1.82, 2.24) is 5.32 Å². The van der Waals surface area contributed by atoms with Crippen molar-refractivity contribution in [2.75, 3.05) is 13.2 Å². The summed E-state index contributed by atoms with van der Waals surface area (Å²) in [6.45, 7) is 4.90. The number of fused-ring (bicyclic) bond motifs is 1. The highest BCUT2D eigenvalue weighted by Gasteiger charge is 2.34. The highest BCUT2D eigenvalue weighted by molar-refractivity contribution is 6.24. The second kappa shape index (κ2) is 9.97. The fourth-order valence-electron chi connectivity index (χ4n) is 3.05. The smallest absolute Gasteiger partial charge is 0.345 e. The zero-order valence-corrected chi connectivity index (χ0v) is 15.2. The zero-order valence-electron chi connectivity index (χ0n) is 15.2. The lowest BCUT2D eigenvalue weighted by atomic mass is 9.89. The lowest BCUT2D eigenvalue weighted by molar-refractivity contribution is -0.140. The van der Waals surface area contributed by atoms with Gasteiger partial charge in [0.25, 0.3) is 5.91 Å². The van der Waals surface area contributed by atoms with E-state index in [1.807, 2.05) is 24.3 Å². The Labute approximate surface area is 149 Å². The van der Waals surface area contributed by atoms with Crippen LogP contribution in [0.15, 0.2) is 40.6 Å². The molecule has 5 nitrogen and oxygen atoms in total. The molecule has 2 rings (SSSR count). The van der Waals surface area contributed by atoms with Crippen LogP contribution in [0, 0.1) is 5.92 Å². The zero-order chi connectivity index (χ0) is 18.1. The van der Waals surface area contributed by atoms with E-state index in [0.717, 1.165) is 19.4 Å². The van der Waals surface area contributed by atoms with E-state index in [1.165, 1.54) is 25.7 Å². The number of rotatable bonds is 10. The molecule has 1 unspecified atom stereocenters. The summed E-state index contributed by atoms with van der Waals surface area (Å²) in [5, 5.41) is 3.32. The van der Waals surface area contributed by atoms with Gasteiger partial charge in [0.15, 0.2) is 0 Å². The molecule has 1 aliphatic carbocycles. The Morgan fingerprint density at radius 3 is 2.68 bits per heavy atom. The summed E-state index contributed by atoms with van der Waals surface area (Å²) in [7, 11) is 0. The van der Waals surface area contributed by atoms with E-state index in [0.29, 0.717) is 11.4 Å². The van der Waals surface area contributed by atoms with Gasteiger partial charge < -0.3 is 10.1 Å². The van der Waals surface area contributed by atoms with Crippen LogP contribution in [-0.4, -0.2) is 30.7 Å². The minimum absolute atomic E-state index is 0.0431. The molecule has 25 heavy (non-hydrogen) atoms. The lowest BCUT2D eigenvalue weighted by Crippen LogP contribution is -2.35. The summed E-state index contributed by atoms with van der Waals surface area (Å²) in [6.07, 6.45) is 14.7. The fourth-order valence-corrected chi connectivity index (χ4v) is 3.05. The third kappa shape index (κ3) is 5.15. The Balaban J connectivity index is 2.05. The van der Waals surface area contributed by atoms with Crippen LogP contribution in [-0.2, 0) is 14.3 Å². The first-order chi connectivity index (χ1) is 12.2. The van der Waals surface area contributed by atoms with Crippen LogP contribution in [0.2, 0.25) is 0 Å². The topological polar surface area (TPSA) is 67.8 Å². The van der Waals surface area contributed by atoms with Gasteiger partial charge in [0, 0.05) is 12.2 Å². The van der Waals surface area contributed by atoms with Gasteiger partial charge in [-0.3, -0.25) is 4.79 Å². The normalized spacial score (nSPS) is 18.9. The van der Waals surface area contributed by atoms with Crippen molar-refractivity contribution < 1.29 is 14.3 Å². The molecule has 1 aliphatic heterocycles. The molecule has 0 radical (unpaired) electrons. The van der Waals surface area contributed by atoms with Gasteiger partial charge in [-0.05, 0) is 19.4 Å². The van der Waals surface area contributed by atoms with E-state index in [-0.39, 0.29) is 18.1 Å². The summed E-state index contributed by atoms with van der Waals surface area (Å²) in [5.74, 6) is -1.29. The van der Waals surface area contributed by atoms with Crippen molar-refractivity contribution >= 4 is 17.6 Å². The van der Waals surface area contributed by atoms with Crippen LogP contribution in [0.3, 0.4) is 0 Å². The molecule has 0 spiro atoms. The summed E-state index contributed by atoms with van der Waals surface area (Å²) in [6, 6.07) is 0. The predicted molar refractivity (Wildman–Crippen MR) is 99.2 cm³/mol. The Morgan fingerprint density at radius 1 is 1.16 bits per heavy atom. The third-order valence-electron chi connectivity index (χ3n) is 4.35.